The molecular formula is C22H26ClN3O3S. The zero-order valence-corrected chi connectivity index (χ0v) is 19.0. The molecule has 1 aromatic carbocycles. The monoisotopic (exact) mass is 447 g/mol. The molecule has 160 valence electrons. The Balaban J connectivity index is 1.63. The van der Waals surface area contributed by atoms with Crippen LogP contribution in [0.4, 0.5) is 5.69 Å². The van der Waals surface area contributed by atoms with E-state index < -0.39 is 15.6 Å². The largest absolute Gasteiger partial charge is 0.297 e. The van der Waals surface area contributed by atoms with Gasteiger partial charge in [0.05, 0.1) is 23.2 Å². The number of hydrogen-bond donors (Lipinski definition) is 0. The first-order valence-electron chi connectivity index (χ1n) is 10.2. The third-order valence-corrected chi connectivity index (χ3v) is 8.39. The fraction of sp³-hybridized carbons (Fsp3) is 0.455. The number of amides is 1. The van der Waals surface area contributed by atoms with Gasteiger partial charge in [-0.05, 0) is 62.1 Å². The maximum Gasteiger partial charge on any atom is 0.259 e. The van der Waals surface area contributed by atoms with Gasteiger partial charge in [0.1, 0.15) is 0 Å². The molecule has 0 aliphatic carbocycles. The summed E-state index contributed by atoms with van der Waals surface area (Å²) in [5.74, 6) is 0.167. The number of fused-ring (bicyclic) bond motifs is 1. The quantitative estimate of drug-likeness (QED) is 0.690. The zero-order chi connectivity index (χ0) is 21.7. The van der Waals surface area contributed by atoms with Crippen molar-refractivity contribution in [2.24, 2.45) is 0 Å². The van der Waals surface area contributed by atoms with E-state index in [2.05, 4.69) is 4.98 Å². The Morgan fingerprint density at radius 3 is 2.73 bits per heavy atom. The molecular weight excluding hydrogens is 422 g/mol. The topological polar surface area (TPSA) is 70.6 Å². The number of pyridine rings is 1. The summed E-state index contributed by atoms with van der Waals surface area (Å²) in [6, 6.07) is 7.32. The maximum absolute atomic E-state index is 13.2. The molecule has 1 atom stereocenters. The van der Waals surface area contributed by atoms with Crippen molar-refractivity contribution in [2.45, 2.75) is 45.1 Å². The van der Waals surface area contributed by atoms with Crippen molar-refractivity contribution in [3.05, 3.63) is 58.4 Å². The van der Waals surface area contributed by atoms with Crippen LogP contribution >= 0.6 is 11.6 Å². The highest BCUT2D eigenvalue weighted by Gasteiger charge is 2.44. The van der Waals surface area contributed by atoms with Gasteiger partial charge >= 0.3 is 0 Å². The molecule has 2 aliphatic heterocycles. The van der Waals surface area contributed by atoms with E-state index in [-0.39, 0.29) is 17.6 Å². The zero-order valence-electron chi connectivity index (χ0n) is 17.4. The van der Waals surface area contributed by atoms with Gasteiger partial charge in [-0.3, -0.25) is 14.7 Å². The first kappa shape index (κ1) is 21.3. The average Bonchev–Trinajstić information content (AvgIpc) is 3.25. The van der Waals surface area contributed by atoms with Gasteiger partial charge in [-0.1, -0.05) is 18.5 Å². The Labute approximate surface area is 182 Å². The van der Waals surface area contributed by atoms with E-state index in [1.807, 2.05) is 32.9 Å². The second kappa shape index (κ2) is 7.62. The number of aromatic nitrogens is 1. The molecule has 0 saturated carbocycles. The summed E-state index contributed by atoms with van der Waals surface area (Å²) >= 11 is 6.18. The highest BCUT2D eigenvalue weighted by atomic mass is 35.5. The van der Waals surface area contributed by atoms with Crippen molar-refractivity contribution in [3.63, 3.8) is 0 Å². The van der Waals surface area contributed by atoms with E-state index >= 15 is 0 Å². The van der Waals surface area contributed by atoms with Crippen molar-refractivity contribution < 1.29 is 13.2 Å². The summed E-state index contributed by atoms with van der Waals surface area (Å²) in [5.41, 5.74) is 2.64. The van der Waals surface area contributed by atoms with Crippen LogP contribution in [0, 0.1) is 0 Å². The standard InChI is InChI=1S/C22H26ClN3O3S/c1-4-9-30(28,29)25-8-7-15(14-25)16-10-18(13-24-12-16)26-21(27)19-6-5-17(23)11-20(19)22(26,2)3/h5-6,10-13,15H,4,7-9,14H2,1-3H3/t15-/m0/s1. The summed E-state index contributed by atoms with van der Waals surface area (Å²) in [6.07, 6.45) is 4.83. The first-order valence-corrected chi connectivity index (χ1v) is 12.2. The van der Waals surface area contributed by atoms with Crippen LogP contribution in [0.15, 0.2) is 36.7 Å². The SMILES string of the molecule is CCCS(=O)(=O)N1CC[C@H](c2cncc(N3C(=O)c4ccc(Cl)cc4C3(C)C)c2)C1. The summed E-state index contributed by atoms with van der Waals surface area (Å²) in [5, 5.41) is 0.600. The molecule has 1 aromatic heterocycles. The van der Waals surface area contributed by atoms with Crippen molar-refractivity contribution in [2.75, 3.05) is 23.7 Å². The fourth-order valence-electron chi connectivity index (χ4n) is 4.57. The third-order valence-electron chi connectivity index (χ3n) is 6.11. The van der Waals surface area contributed by atoms with Crippen LogP contribution in [-0.4, -0.2) is 42.5 Å². The van der Waals surface area contributed by atoms with Crippen LogP contribution in [0.1, 0.15) is 61.0 Å². The molecule has 0 spiro atoms. The second-order valence-electron chi connectivity index (χ2n) is 8.53. The summed E-state index contributed by atoms with van der Waals surface area (Å²) in [4.78, 5) is 19.3. The first-order chi connectivity index (χ1) is 14.1. The molecule has 0 N–H and O–H groups in total. The van der Waals surface area contributed by atoms with Gasteiger partial charge in [-0.15, -0.1) is 0 Å². The van der Waals surface area contributed by atoms with Gasteiger partial charge in [0.15, 0.2) is 0 Å². The lowest BCUT2D eigenvalue weighted by molar-refractivity contribution is 0.0982. The third kappa shape index (κ3) is 3.53. The lowest BCUT2D eigenvalue weighted by Crippen LogP contribution is -2.39. The highest BCUT2D eigenvalue weighted by molar-refractivity contribution is 7.89. The molecule has 0 bridgehead atoms. The van der Waals surface area contributed by atoms with Gasteiger partial charge in [-0.25, -0.2) is 12.7 Å². The lowest BCUT2D eigenvalue weighted by Gasteiger charge is -2.32. The molecule has 6 nitrogen and oxygen atoms in total. The Morgan fingerprint density at radius 2 is 2.00 bits per heavy atom. The van der Waals surface area contributed by atoms with Crippen molar-refractivity contribution >= 4 is 33.2 Å². The van der Waals surface area contributed by atoms with Crippen molar-refractivity contribution in [3.8, 4) is 0 Å². The van der Waals surface area contributed by atoms with Crippen LogP contribution < -0.4 is 4.90 Å². The fourth-order valence-corrected chi connectivity index (χ4v) is 6.31. The average molecular weight is 448 g/mol. The van der Waals surface area contributed by atoms with Crippen LogP contribution in [0.2, 0.25) is 5.02 Å². The minimum Gasteiger partial charge on any atom is -0.297 e. The number of carbonyl (C=O) groups excluding carboxylic acids is 1. The Bertz CT molecular complexity index is 1100. The van der Waals surface area contributed by atoms with E-state index in [4.69, 9.17) is 11.6 Å². The number of carbonyl (C=O) groups is 1. The van der Waals surface area contributed by atoms with Gasteiger partial charge in [0, 0.05) is 35.8 Å². The van der Waals surface area contributed by atoms with E-state index in [0.29, 0.717) is 35.8 Å². The van der Waals surface area contributed by atoms with Gasteiger partial charge < -0.3 is 0 Å². The van der Waals surface area contributed by atoms with E-state index in [9.17, 15) is 13.2 Å². The molecule has 30 heavy (non-hydrogen) atoms. The summed E-state index contributed by atoms with van der Waals surface area (Å²) < 4.78 is 26.4. The summed E-state index contributed by atoms with van der Waals surface area (Å²) in [7, 11) is -3.21. The summed E-state index contributed by atoms with van der Waals surface area (Å²) in [6.45, 7) is 6.84. The molecule has 1 saturated heterocycles. The number of hydrogen-bond acceptors (Lipinski definition) is 4. The van der Waals surface area contributed by atoms with Crippen molar-refractivity contribution in [1.82, 2.24) is 9.29 Å². The van der Waals surface area contributed by atoms with Crippen LogP contribution in [-0.2, 0) is 15.6 Å². The van der Waals surface area contributed by atoms with Crippen LogP contribution in [0.25, 0.3) is 0 Å². The van der Waals surface area contributed by atoms with E-state index in [1.165, 1.54) is 0 Å². The van der Waals surface area contributed by atoms with Gasteiger partial charge in [-0.2, -0.15) is 0 Å². The maximum atomic E-state index is 13.2. The number of halogens is 1. The highest BCUT2D eigenvalue weighted by Crippen LogP contribution is 2.43. The molecule has 8 heteroatoms. The molecule has 2 aliphatic rings. The van der Waals surface area contributed by atoms with E-state index in [0.717, 1.165) is 17.5 Å². The molecule has 0 unspecified atom stereocenters. The second-order valence-corrected chi connectivity index (χ2v) is 11.1. The predicted molar refractivity (Wildman–Crippen MR) is 119 cm³/mol. The minimum absolute atomic E-state index is 0.0710. The van der Waals surface area contributed by atoms with E-state index in [1.54, 1.807) is 33.7 Å². The van der Waals surface area contributed by atoms with Crippen LogP contribution in [0.5, 0.6) is 0 Å². The normalized spacial score (nSPS) is 21.3. The molecule has 4 rings (SSSR count). The Hall–Kier alpha value is -1.96. The molecule has 2 aromatic rings. The van der Waals surface area contributed by atoms with Gasteiger partial charge in [0.2, 0.25) is 10.0 Å². The number of nitrogens with zero attached hydrogens (tertiary/aromatic N) is 3. The smallest absolute Gasteiger partial charge is 0.259 e. The molecule has 0 radical (unpaired) electrons. The Kier molecular flexibility index (Phi) is 5.41. The molecule has 1 amide bonds. The van der Waals surface area contributed by atoms with Crippen molar-refractivity contribution in [1.29, 1.82) is 0 Å². The minimum atomic E-state index is -3.21. The Morgan fingerprint density at radius 1 is 1.23 bits per heavy atom. The predicted octanol–water partition coefficient (Wildman–Crippen LogP) is 4.16. The molecule has 3 heterocycles. The van der Waals surface area contributed by atoms with Crippen LogP contribution in [0.3, 0.4) is 0 Å². The number of benzene rings is 1. The molecule has 1 fully saturated rings. The number of sulfonamides is 1. The number of anilines is 1. The number of rotatable bonds is 5. The lowest BCUT2D eigenvalue weighted by atomic mass is 9.93. The van der Waals surface area contributed by atoms with Gasteiger partial charge in [0.25, 0.3) is 5.91 Å².